The molecule has 1 aliphatic rings. The first-order chi connectivity index (χ1) is 15.9. The van der Waals surface area contributed by atoms with Gasteiger partial charge in [-0.1, -0.05) is 35.9 Å². The molecule has 0 unspecified atom stereocenters. The van der Waals surface area contributed by atoms with Crippen LogP contribution in [0.4, 0.5) is 11.4 Å². The Labute approximate surface area is 203 Å². The molecular formula is C24H23ClN2O4S2. The molecule has 1 heterocycles. The van der Waals surface area contributed by atoms with Crippen LogP contribution in [0, 0.1) is 0 Å². The number of nitrogens with zero attached hydrogens (tertiary/aromatic N) is 1. The van der Waals surface area contributed by atoms with Gasteiger partial charge in [0.1, 0.15) is 5.75 Å². The van der Waals surface area contributed by atoms with Gasteiger partial charge in [-0.25, -0.2) is 8.42 Å². The molecule has 0 atom stereocenters. The highest BCUT2D eigenvalue weighted by Crippen LogP contribution is 2.34. The monoisotopic (exact) mass is 502 g/mol. The van der Waals surface area contributed by atoms with Gasteiger partial charge in [0.05, 0.1) is 15.6 Å². The van der Waals surface area contributed by atoms with Gasteiger partial charge < -0.3 is 10.1 Å². The topological polar surface area (TPSA) is 75.7 Å². The van der Waals surface area contributed by atoms with E-state index in [9.17, 15) is 13.2 Å². The van der Waals surface area contributed by atoms with Crippen molar-refractivity contribution in [1.82, 2.24) is 0 Å². The second-order valence-electron chi connectivity index (χ2n) is 7.47. The van der Waals surface area contributed by atoms with Crippen LogP contribution in [-0.2, 0) is 21.2 Å². The highest BCUT2D eigenvalue weighted by molar-refractivity contribution is 7.98. The Bertz CT molecular complexity index is 1280. The molecule has 0 aliphatic carbocycles. The number of carbonyl (C=O) groups is 1. The SMILES string of the molecule is CSc1cccc(NC(=O)COc2ccc(S(=O)(=O)N3CCCc4ccccc43)cc2Cl)c1. The van der Waals surface area contributed by atoms with Crippen molar-refractivity contribution in [1.29, 1.82) is 0 Å². The van der Waals surface area contributed by atoms with Crippen molar-refractivity contribution >= 4 is 50.7 Å². The van der Waals surface area contributed by atoms with Crippen LogP contribution in [-0.4, -0.2) is 33.7 Å². The number of hydrogen-bond donors (Lipinski definition) is 1. The Morgan fingerprint density at radius 2 is 1.94 bits per heavy atom. The van der Waals surface area contributed by atoms with Crippen LogP contribution < -0.4 is 14.4 Å². The predicted octanol–water partition coefficient (Wildman–Crippen LogP) is 5.22. The average molecular weight is 503 g/mol. The summed E-state index contributed by atoms with van der Waals surface area (Å²) >= 11 is 7.89. The maximum Gasteiger partial charge on any atom is 0.264 e. The van der Waals surface area contributed by atoms with Crippen molar-refractivity contribution in [2.24, 2.45) is 0 Å². The standard InChI is InChI=1S/C24H23ClN2O4S2/c1-32-19-9-4-8-18(14-19)26-24(28)16-31-23-12-11-20(15-21(23)25)33(29,30)27-13-5-7-17-6-2-3-10-22(17)27/h2-4,6,8-12,14-15H,5,7,13,16H2,1H3,(H,26,28). The normalized spacial score (nSPS) is 13.3. The van der Waals surface area contributed by atoms with E-state index in [-0.39, 0.29) is 28.2 Å². The number of fused-ring (bicyclic) bond motifs is 1. The summed E-state index contributed by atoms with van der Waals surface area (Å²) < 4.78 is 33.6. The summed E-state index contributed by atoms with van der Waals surface area (Å²) in [6.07, 6.45) is 3.56. The predicted molar refractivity (Wildman–Crippen MR) is 133 cm³/mol. The molecule has 1 aliphatic heterocycles. The smallest absolute Gasteiger partial charge is 0.264 e. The van der Waals surface area contributed by atoms with Gasteiger partial charge in [-0.15, -0.1) is 11.8 Å². The van der Waals surface area contributed by atoms with E-state index in [0.29, 0.717) is 17.9 Å². The lowest BCUT2D eigenvalue weighted by Gasteiger charge is -2.30. The van der Waals surface area contributed by atoms with Crippen LogP contribution in [0.1, 0.15) is 12.0 Å². The number of rotatable bonds is 7. The minimum absolute atomic E-state index is 0.0786. The summed E-state index contributed by atoms with van der Waals surface area (Å²) in [5.41, 5.74) is 2.37. The number of sulfonamides is 1. The number of thioether (sulfide) groups is 1. The van der Waals surface area contributed by atoms with Gasteiger partial charge in [-0.2, -0.15) is 0 Å². The molecule has 4 rings (SSSR count). The lowest BCUT2D eigenvalue weighted by Crippen LogP contribution is -2.35. The van der Waals surface area contributed by atoms with Crippen LogP contribution in [0.2, 0.25) is 5.02 Å². The van der Waals surface area contributed by atoms with E-state index in [4.69, 9.17) is 16.3 Å². The van der Waals surface area contributed by atoms with E-state index < -0.39 is 10.0 Å². The number of ether oxygens (including phenoxy) is 1. The van der Waals surface area contributed by atoms with Gasteiger partial charge in [-0.3, -0.25) is 9.10 Å². The number of amides is 1. The maximum absolute atomic E-state index is 13.3. The number of anilines is 2. The molecule has 0 saturated carbocycles. The molecule has 3 aromatic carbocycles. The van der Waals surface area contributed by atoms with Crippen molar-refractivity contribution in [3.63, 3.8) is 0 Å². The number of hydrogen-bond acceptors (Lipinski definition) is 5. The molecule has 3 aromatic rings. The lowest BCUT2D eigenvalue weighted by molar-refractivity contribution is -0.118. The Morgan fingerprint density at radius 1 is 1.12 bits per heavy atom. The van der Waals surface area contributed by atoms with E-state index >= 15 is 0 Å². The third-order valence-corrected chi connectivity index (χ3v) is 8.10. The first kappa shape index (κ1) is 23.5. The summed E-state index contributed by atoms with van der Waals surface area (Å²) in [5, 5.41) is 2.90. The van der Waals surface area contributed by atoms with E-state index in [1.54, 1.807) is 17.8 Å². The number of carbonyl (C=O) groups excluding carboxylic acids is 1. The van der Waals surface area contributed by atoms with E-state index in [1.165, 1.54) is 22.5 Å². The largest absolute Gasteiger partial charge is 0.482 e. The molecule has 0 aromatic heterocycles. The van der Waals surface area contributed by atoms with Crippen molar-refractivity contribution in [3.8, 4) is 5.75 Å². The van der Waals surface area contributed by atoms with E-state index in [1.807, 2.05) is 48.7 Å². The van der Waals surface area contributed by atoms with Gasteiger partial charge in [0, 0.05) is 17.1 Å². The molecule has 172 valence electrons. The minimum atomic E-state index is -3.78. The fourth-order valence-electron chi connectivity index (χ4n) is 3.68. The van der Waals surface area contributed by atoms with Gasteiger partial charge in [0.25, 0.3) is 15.9 Å². The highest BCUT2D eigenvalue weighted by Gasteiger charge is 2.29. The van der Waals surface area contributed by atoms with Crippen molar-refractivity contribution in [2.75, 3.05) is 29.0 Å². The Kier molecular flexibility index (Phi) is 7.17. The summed E-state index contributed by atoms with van der Waals surface area (Å²) in [4.78, 5) is 13.4. The first-order valence-corrected chi connectivity index (χ1v) is 13.4. The molecular weight excluding hydrogens is 480 g/mol. The third kappa shape index (κ3) is 5.29. The fraction of sp³-hybridized carbons (Fsp3) is 0.208. The molecule has 33 heavy (non-hydrogen) atoms. The number of aryl methyl sites for hydroxylation is 1. The number of halogens is 1. The molecule has 0 bridgehead atoms. The first-order valence-electron chi connectivity index (χ1n) is 10.4. The number of nitrogens with one attached hydrogen (secondary N) is 1. The third-order valence-electron chi connectivity index (χ3n) is 5.27. The second-order valence-corrected chi connectivity index (χ2v) is 10.6. The molecule has 0 spiro atoms. The number of para-hydroxylation sites is 1. The quantitative estimate of drug-likeness (QED) is 0.448. The summed E-state index contributed by atoms with van der Waals surface area (Å²) in [6.45, 7) is 0.155. The zero-order valence-electron chi connectivity index (χ0n) is 18.0. The Balaban J connectivity index is 1.45. The molecule has 1 N–H and O–H groups in total. The van der Waals surface area contributed by atoms with Crippen molar-refractivity contribution < 1.29 is 17.9 Å². The van der Waals surface area contributed by atoms with Crippen LogP contribution >= 0.6 is 23.4 Å². The highest BCUT2D eigenvalue weighted by atomic mass is 35.5. The molecule has 1 amide bonds. The van der Waals surface area contributed by atoms with Crippen LogP contribution in [0.15, 0.2) is 76.5 Å². The molecule has 6 nitrogen and oxygen atoms in total. The van der Waals surface area contributed by atoms with E-state index in [2.05, 4.69) is 5.32 Å². The van der Waals surface area contributed by atoms with Gasteiger partial charge in [0.2, 0.25) is 0 Å². The van der Waals surface area contributed by atoms with Crippen molar-refractivity contribution in [3.05, 3.63) is 77.3 Å². The Morgan fingerprint density at radius 3 is 2.73 bits per heavy atom. The van der Waals surface area contributed by atoms with E-state index in [0.717, 1.165) is 23.3 Å². The van der Waals surface area contributed by atoms with Gasteiger partial charge in [-0.05, 0) is 67.1 Å². The lowest BCUT2D eigenvalue weighted by atomic mass is 10.0. The summed E-state index contributed by atoms with van der Waals surface area (Å²) in [6, 6.07) is 19.3. The minimum Gasteiger partial charge on any atom is -0.482 e. The zero-order valence-corrected chi connectivity index (χ0v) is 20.3. The van der Waals surface area contributed by atoms with Crippen LogP contribution in [0.3, 0.4) is 0 Å². The molecule has 0 fully saturated rings. The summed E-state index contributed by atoms with van der Waals surface area (Å²) in [5.74, 6) is -0.103. The fourth-order valence-corrected chi connectivity index (χ4v) is 6.00. The average Bonchev–Trinajstić information content (AvgIpc) is 2.83. The van der Waals surface area contributed by atoms with Gasteiger partial charge >= 0.3 is 0 Å². The van der Waals surface area contributed by atoms with Gasteiger partial charge in [0.15, 0.2) is 6.61 Å². The van der Waals surface area contributed by atoms with Crippen molar-refractivity contribution in [2.45, 2.75) is 22.6 Å². The van der Waals surface area contributed by atoms with Crippen LogP contribution in [0.25, 0.3) is 0 Å². The number of benzene rings is 3. The second kappa shape index (κ2) is 10.1. The van der Waals surface area contributed by atoms with Crippen LogP contribution in [0.5, 0.6) is 5.75 Å². The zero-order chi connectivity index (χ0) is 23.4. The maximum atomic E-state index is 13.3. The molecule has 0 radical (unpaired) electrons. The molecule has 9 heteroatoms. The Hall–Kier alpha value is -2.68. The molecule has 0 saturated heterocycles. The summed E-state index contributed by atoms with van der Waals surface area (Å²) in [7, 11) is -3.78.